The van der Waals surface area contributed by atoms with Gasteiger partial charge in [0.05, 0.1) is 17.1 Å². The SMILES string of the molecule is N#Cc1ccc(Oc2ccccc2S(=O)(=O)NCc2ccnc3ccccc23)cc1. The Bertz CT molecular complexity index is 1340. The van der Waals surface area contributed by atoms with Gasteiger partial charge in [0.2, 0.25) is 10.0 Å². The lowest BCUT2D eigenvalue weighted by Crippen LogP contribution is -2.23. The van der Waals surface area contributed by atoms with E-state index in [4.69, 9.17) is 10.00 Å². The van der Waals surface area contributed by atoms with Gasteiger partial charge in [0.25, 0.3) is 0 Å². The second-order valence-corrected chi connectivity index (χ2v) is 8.23. The molecule has 0 aliphatic rings. The van der Waals surface area contributed by atoms with Gasteiger partial charge in [-0.3, -0.25) is 4.98 Å². The number of para-hydroxylation sites is 2. The Morgan fingerprint density at radius 2 is 1.67 bits per heavy atom. The molecule has 7 heteroatoms. The molecular weight excluding hydrogens is 398 g/mol. The maximum atomic E-state index is 13.0. The van der Waals surface area contributed by atoms with Gasteiger partial charge in [-0.25, -0.2) is 13.1 Å². The van der Waals surface area contributed by atoms with Crippen molar-refractivity contribution in [1.29, 1.82) is 5.26 Å². The van der Waals surface area contributed by atoms with Crippen molar-refractivity contribution in [3.05, 3.63) is 96.2 Å². The summed E-state index contributed by atoms with van der Waals surface area (Å²) in [5.41, 5.74) is 2.13. The first-order valence-electron chi connectivity index (χ1n) is 9.16. The Labute approximate surface area is 174 Å². The number of aromatic nitrogens is 1. The molecule has 3 aromatic carbocycles. The molecule has 0 saturated heterocycles. The van der Waals surface area contributed by atoms with E-state index in [-0.39, 0.29) is 17.2 Å². The molecule has 0 fully saturated rings. The first kappa shape index (κ1) is 19.6. The van der Waals surface area contributed by atoms with Crippen molar-refractivity contribution in [2.75, 3.05) is 0 Å². The first-order valence-corrected chi connectivity index (χ1v) is 10.6. The molecule has 0 aliphatic carbocycles. The van der Waals surface area contributed by atoms with E-state index < -0.39 is 10.0 Å². The lowest BCUT2D eigenvalue weighted by atomic mass is 10.1. The molecule has 0 atom stereocenters. The molecule has 0 saturated carbocycles. The van der Waals surface area contributed by atoms with Gasteiger partial charge in [0.15, 0.2) is 0 Å². The zero-order valence-corrected chi connectivity index (χ0v) is 16.6. The average Bonchev–Trinajstić information content (AvgIpc) is 2.78. The zero-order chi connectivity index (χ0) is 21.0. The number of benzene rings is 3. The summed E-state index contributed by atoms with van der Waals surface area (Å²) in [6.07, 6.45) is 1.66. The molecule has 0 unspecified atom stereocenters. The van der Waals surface area contributed by atoms with Crippen LogP contribution in [0.4, 0.5) is 0 Å². The Morgan fingerprint density at radius 3 is 2.47 bits per heavy atom. The van der Waals surface area contributed by atoms with Crippen molar-refractivity contribution in [1.82, 2.24) is 9.71 Å². The van der Waals surface area contributed by atoms with Crippen LogP contribution >= 0.6 is 0 Å². The number of nitrogens with zero attached hydrogens (tertiary/aromatic N) is 2. The summed E-state index contributed by atoms with van der Waals surface area (Å²) in [7, 11) is -3.84. The van der Waals surface area contributed by atoms with Crippen LogP contribution in [0.5, 0.6) is 11.5 Å². The summed E-state index contributed by atoms with van der Waals surface area (Å²) in [5, 5.41) is 9.80. The molecule has 1 aromatic heterocycles. The molecule has 4 aromatic rings. The second kappa shape index (κ2) is 8.33. The smallest absolute Gasteiger partial charge is 0.244 e. The van der Waals surface area contributed by atoms with Crippen LogP contribution in [0, 0.1) is 11.3 Å². The number of hydrogen-bond donors (Lipinski definition) is 1. The van der Waals surface area contributed by atoms with E-state index in [1.165, 1.54) is 6.07 Å². The molecule has 0 aliphatic heterocycles. The van der Waals surface area contributed by atoms with Gasteiger partial charge in [0, 0.05) is 18.1 Å². The highest BCUT2D eigenvalue weighted by Gasteiger charge is 2.20. The van der Waals surface area contributed by atoms with Crippen LogP contribution < -0.4 is 9.46 Å². The summed E-state index contributed by atoms with van der Waals surface area (Å²) in [5.74, 6) is 0.645. The van der Waals surface area contributed by atoms with E-state index >= 15 is 0 Å². The third-order valence-electron chi connectivity index (χ3n) is 4.54. The van der Waals surface area contributed by atoms with Crippen LogP contribution in [0.1, 0.15) is 11.1 Å². The normalized spacial score (nSPS) is 11.2. The largest absolute Gasteiger partial charge is 0.456 e. The van der Waals surface area contributed by atoms with E-state index in [1.807, 2.05) is 30.3 Å². The van der Waals surface area contributed by atoms with Gasteiger partial charge in [-0.1, -0.05) is 30.3 Å². The maximum Gasteiger partial charge on any atom is 0.244 e. The van der Waals surface area contributed by atoms with Gasteiger partial charge in [0.1, 0.15) is 16.4 Å². The molecule has 0 amide bonds. The van der Waals surface area contributed by atoms with E-state index in [0.717, 1.165) is 16.5 Å². The number of sulfonamides is 1. The fourth-order valence-electron chi connectivity index (χ4n) is 3.04. The fraction of sp³-hybridized carbons (Fsp3) is 0.0435. The first-order chi connectivity index (χ1) is 14.6. The zero-order valence-electron chi connectivity index (χ0n) is 15.8. The van der Waals surface area contributed by atoms with Gasteiger partial charge in [-0.05, 0) is 54.1 Å². The minimum Gasteiger partial charge on any atom is -0.456 e. The number of nitrogens with one attached hydrogen (secondary N) is 1. The monoisotopic (exact) mass is 415 g/mol. The minimum atomic E-state index is -3.84. The van der Waals surface area contributed by atoms with E-state index in [2.05, 4.69) is 9.71 Å². The third-order valence-corrected chi connectivity index (χ3v) is 5.98. The van der Waals surface area contributed by atoms with Crippen molar-refractivity contribution >= 4 is 20.9 Å². The van der Waals surface area contributed by atoms with Crippen molar-refractivity contribution < 1.29 is 13.2 Å². The van der Waals surface area contributed by atoms with Crippen LogP contribution in [0.15, 0.2) is 90.0 Å². The highest BCUT2D eigenvalue weighted by molar-refractivity contribution is 7.89. The number of ether oxygens (including phenoxy) is 1. The second-order valence-electron chi connectivity index (χ2n) is 6.50. The summed E-state index contributed by atoms with van der Waals surface area (Å²) in [4.78, 5) is 4.34. The highest BCUT2D eigenvalue weighted by Crippen LogP contribution is 2.29. The molecular formula is C23H17N3O3S. The average molecular weight is 415 g/mol. The van der Waals surface area contributed by atoms with Crippen LogP contribution in [-0.4, -0.2) is 13.4 Å². The van der Waals surface area contributed by atoms with Crippen molar-refractivity contribution in [2.45, 2.75) is 11.4 Å². The number of hydrogen-bond acceptors (Lipinski definition) is 5. The topological polar surface area (TPSA) is 92.1 Å². The molecule has 30 heavy (non-hydrogen) atoms. The van der Waals surface area contributed by atoms with Crippen molar-refractivity contribution in [3.63, 3.8) is 0 Å². The highest BCUT2D eigenvalue weighted by atomic mass is 32.2. The molecule has 1 heterocycles. The van der Waals surface area contributed by atoms with Crippen LogP contribution in [-0.2, 0) is 16.6 Å². The Morgan fingerprint density at radius 1 is 0.933 bits per heavy atom. The van der Waals surface area contributed by atoms with Gasteiger partial charge < -0.3 is 4.74 Å². The Hall–Kier alpha value is -3.73. The Kier molecular flexibility index (Phi) is 5.44. The lowest BCUT2D eigenvalue weighted by Gasteiger charge is -2.13. The molecule has 148 valence electrons. The molecule has 6 nitrogen and oxygen atoms in total. The minimum absolute atomic E-state index is 0.0349. The number of fused-ring (bicyclic) bond motifs is 1. The van der Waals surface area contributed by atoms with Gasteiger partial charge in [-0.15, -0.1) is 0 Å². The van der Waals surface area contributed by atoms with Gasteiger partial charge >= 0.3 is 0 Å². The number of rotatable bonds is 6. The maximum absolute atomic E-state index is 13.0. The standard InChI is InChI=1S/C23H17N3O3S/c24-15-17-9-11-19(12-10-17)29-22-7-3-4-8-23(22)30(27,28)26-16-18-13-14-25-21-6-2-1-5-20(18)21/h1-14,26H,16H2. The summed E-state index contributed by atoms with van der Waals surface area (Å²) in [6, 6.07) is 24.3. The van der Waals surface area contributed by atoms with Crippen molar-refractivity contribution in [2.24, 2.45) is 0 Å². The van der Waals surface area contributed by atoms with E-state index in [0.29, 0.717) is 11.3 Å². The summed E-state index contributed by atoms with van der Waals surface area (Å²) >= 11 is 0. The molecule has 1 N–H and O–H groups in total. The van der Waals surface area contributed by atoms with Crippen LogP contribution in [0.3, 0.4) is 0 Å². The summed E-state index contributed by atoms with van der Waals surface area (Å²) < 4.78 is 34.4. The van der Waals surface area contributed by atoms with Crippen molar-refractivity contribution in [3.8, 4) is 17.6 Å². The van der Waals surface area contributed by atoms with Gasteiger partial charge in [-0.2, -0.15) is 5.26 Å². The molecule has 4 rings (SSSR count). The third kappa shape index (κ3) is 4.15. The van der Waals surface area contributed by atoms with Crippen LogP contribution in [0.2, 0.25) is 0 Å². The van der Waals surface area contributed by atoms with E-state index in [1.54, 1.807) is 54.7 Å². The number of pyridine rings is 1. The number of nitriles is 1. The van der Waals surface area contributed by atoms with E-state index in [9.17, 15) is 8.42 Å². The molecule has 0 spiro atoms. The van der Waals surface area contributed by atoms with Crippen LogP contribution in [0.25, 0.3) is 10.9 Å². The predicted molar refractivity (Wildman–Crippen MR) is 113 cm³/mol. The quantitative estimate of drug-likeness (QED) is 0.505. The fourth-order valence-corrected chi connectivity index (χ4v) is 4.17. The molecule has 0 bridgehead atoms. The lowest BCUT2D eigenvalue weighted by molar-refractivity contribution is 0.466. The predicted octanol–water partition coefficient (Wildman–Crippen LogP) is 4.38. The molecule has 0 radical (unpaired) electrons. The Balaban J connectivity index is 1.59. The summed E-state index contributed by atoms with van der Waals surface area (Å²) in [6.45, 7) is 0.122.